The van der Waals surface area contributed by atoms with Gasteiger partial charge in [-0.3, -0.25) is 0 Å². The van der Waals surface area contributed by atoms with Crippen molar-refractivity contribution in [1.29, 1.82) is 0 Å². The van der Waals surface area contributed by atoms with Gasteiger partial charge in [0, 0.05) is 13.2 Å². The van der Waals surface area contributed by atoms with Gasteiger partial charge in [-0.1, -0.05) is 0 Å². The van der Waals surface area contributed by atoms with Crippen molar-refractivity contribution in [1.82, 2.24) is 19.7 Å². The van der Waals surface area contributed by atoms with E-state index in [9.17, 15) is 4.79 Å². The normalized spacial score (nSPS) is 10.5. The van der Waals surface area contributed by atoms with Crippen LogP contribution in [-0.4, -0.2) is 32.8 Å². The van der Waals surface area contributed by atoms with Crippen molar-refractivity contribution in [3.63, 3.8) is 0 Å². The smallest absolute Gasteiger partial charge is 0.340 e. The van der Waals surface area contributed by atoms with E-state index in [4.69, 9.17) is 5.73 Å². The van der Waals surface area contributed by atoms with Gasteiger partial charge in [0.1, 0.15) is 10.9 Å². The number of nitrogens with zero attached hydrogens (tertiary/aromatic N) is 4. The fraction of sp³-hybridized carbons (Fsp3) is 0.273. The Morgan fingerprint density at radius 1 is 1.47 bits per heavy atom. The number of carbonyl (C=O) groups is 1. The monoisotopic (exact) mass is 279 g/mol. The van der Waals surface area contributed by atoms with Crippen LogP contribution in [0.4, 0.5) is 5.69 Å². The van der Waals surface area contributed by atoms with Gasteiger partial charge in [-0.2, -0.15) is 0 Å². The molecule has 0 spiro atoms. The van der Waals surface area contributed by atoms with Crippen LogP contribution in [0.1, 0.15) is 16.2 Å². The molecule has 100 valence electrons. The van der Waals surface area contributed by atoms with Gasteiger partial charge in [-0.05, 0) is 24.8 Å². The molecule has 0 aliphatic heterocycles. The Morgan fingerprint density at radius 3 is 2.79 bits per heavy atom. The highest BCUT2D eigenvalue weighted by Gasteiger charge is 2.16. The zero-order chi connectivity index (χ0) is 14.0. The average molecular weight is 279 g/mol. The fourth-order valence-electron chi connectivity index (χ4n) is 1.39. The number of aryl methyl sites for hydroxylation is 1. The topological polar surface area (TPSA) is 95.9 Å². The largest absolute Gasteiger partial charge is 0.465 e. The molecule has 0 amide bonds. The summed E-state index contributed by atoms with van der Waals surface area (Å²) in [5, 5.41) is 9.11. The molecule has 2 heterocycles. The Labute approximate surface area is 114 Å². The lowest BCUT2D eigenvalue weighted by molar-refractivity contribution is 0.0601. The second-order valence-corrected chi connectivity index (χ2v) is 4.72. The van der Waals surface area contributed by atoms with Crippen LogP contribution in [0.25, 0.3) is 0 Å². The number of anilines is 1. The van der Waals surface area contributed by atoms with Crippen molar-refractivity contribution in [2.75, 3.05) is 12.8 Å². The first kappa shape index (κ1) is 13.3. The number of esters is 1. The Bertz CT molecular complexity index is 626. The SMILES string of the molecule is COC(=O)c1ccnc(Sc2nnc(C)n2C)c1N. The summed E-state index contributed by atoms with van der Waals surface area (Å²) < 4.78 is 6.48. The maximum Gasteiger partial charge on any atom is 0.340 e. The van der Waals surface area contributed by atoms with Crippen molar-refractivity contribution in [3.8, 4) is 0 Å². The summed E-state index contributed by atoms with van der Waals surface area (Å²) >= 11 is 1.25. The molecule has 2 rings (SSSR count). The summed E-state index contributed by atoms with van der Waals surface area (Å²) in [6.07, 6.45) is 1.51. The minimum Gasteiger partial charge on any atom is -0.465 e. The molecule has 0 atom stereocenters. The third kappa shape index (κ3) is 2.53. The molecular formula is C11H13N5O2S. The number of ether oxygens (including phenoxy) is 1. The molecule has 2 N–H and O–H groups in total. The lowest BCUT2D eigenvalue weighted by Gasteiger charge is -2.07. The van der Waals surface area contributed by atoms with Gasteiger partial charge in [-0.15, -0.1) is 10.2 Å². The number of rotatable bonds is 3. The molecule has 0 aliphatic rings. The molecule has 0 fully saturated rings. The van der Waals surface area contributed by atoms with Crippen LogP contribution < -0.4 is 5.73 Å². The minimum atomic E-state index is -0.490. The Morgan fingerprint density at radius 2 is 2.21 bits per heavy atom. The second kappa shape index (κ2) is 5.27. The third-order valence-electron chi connectivity index (χ3n) is 2.60. The van der Waals surface area contributed by atoms with E-state index in [1.54, 1.807) is 0 Å². The lowest BCUT2D eigenvalue weighted by atomic mass is 10.2. The van der Waals surface area contributed by atoms with E-state index in [1.807, 2.05) is 18.5 Å². The lowest BCUT2D eigenvalue weighted by Crippen LogP contribution is -2.07. The molecule has 2 aromatic rings. The molecule has 0 unspecified atom stereocenters. The highest BCUT2D eigenvalue weighted by Crippen LogP contribution is 2.30. The van der Waals surface area contributed by atoms with Crippen molar-refractivity contribution in [2.45, 2.75) is 17.1 Å². The molecule has 0 aliphatic carbocycles. The molecule has 7 nitrogen and oxygen atoms in total. The van der Waals surface area contributed by atoms with Crippen LogP contribution in [0.5, 0.6) is 0 Å². The zero-order valence-corrected chi connectivity index (χ0v) is 11.6. The van der Waals surface area contributed by atoms with E-state index >= 15 is 0 Å². The Kier molecular flexibility index (Phi) is 3.70. The zero-order valence-electron chi connectivity index (χ0n) is 10.7. The summed E-state index contributed by atoms with van der Waals surface area (Å²) in [4.78, 5) is 15.7. The van der Waals surface area contributed by atoms with Gasteiger partial charge in [0.25, 0.3) is 0 Å². The second-order valence-electron chi connectivity index (χ2n) is 3.76. The quantitative estimate of drug-likeness (QED) is 0.838. The predicted octanol–water partition coefficient (Wildman–Crippen LogP) is 1.04. The van der Waals surface area contributed by atoms with Crippen molar-refractivity contribution < 1.29 is 9.53 Å². The summed E-state index contributed by atoms with van der Waals surface area (Å²) in [7, 11) is 3.15. The van der Waals surface area contributed by atoms with E-state index in [2.05, 4.69) is 19.9 Å². The summed E-state index contributed by atoms with van der Waals surface area (Å²) in [6.45, 7) is 1.85. The third-order valence-corrected chi connectivity index (χ3v) is 3.66. The molecule has 2 aromatic heterocycles. The molecule has 0 saturated carbocycles. The number of pyridine rings is 1. The number of nitrogens with two attached hydrogens (primary N) is 1. The molecule has 0 bridgehead atoms. The Balaban J connectivity index is 2.36. The van der Waals surface area contributed by atoms with Crippen molar-refractivity contribution in [3.05, 3.63) is 23.7 Å². The number of nitrogen functional groups attached to an aromatic ring is 1. The van der Waals surface area contributed by atoms with E-state index < -0.39 is 5.97 Å². The molecule has 0 saturated heterocycles. The molecular weight excluding hydrogens is 266 g/mol. The van der Waals surface area contributed by atoms with E-state index in [1.165, 1.54) is 31.1 Å². The van der Waals surface area contributed by atoms with Gasteiger partial charge in [-0.25, -0.2) is 9.78 Å². The summed E-state index contributed by atoms with van der Waals surface area (Å²) in [5.74, 6) is 0.293. The van der Waals surface area contributed by atoms with Crippen LogP contribution >= 0.6 is 11.8 Å². The van der Waals surface area contributed by atoms with Crippen LogP contribution in [-0.2, 0) is 11.8 Å². The van der Waals surface area contributed by atoms with Crippen molar-refractivity contribution >= 4 is 23.4 Å². The predicted molar refractivity (Wildman–Crippen MR) is 69.9 cm³/mol. The number of hydrogen-bond acceptors (Lipinski definition) is 7. The van der Waals surface area contributed by atoms with Crippen molar-refractivity contribution in [2.24, 2.45) is 7.05 Å². The molecule has 8 heteroatoms. The van der Waals surface area contributed by atoms with Gasteiger partial charge in [0.05, 0.1) is 18.4 Å². The first-order valence-corrected chi connectivity index (χ1v) is 6.23. The molecule has 0 aromatic carbocycles. The maximum absolute atomic E-state index is 11.5. The summed E-state index contributed by atoms with van der Waals surface area (Å²) in [5.41, 5.74) is 6.49. The van der Waals surface area contributed by atoms with E-state index in [0.717, 1.165) is 5.82 Å². The molecule has 0 radical (unpaired) electrons. The van der Waals surface area contributed by atoms with Crippen LogP contribution in [0.15, 0.2) is 22.4 Å². The van der Waals surface area contributed by atoms with Crippen LogP contribution in [0.3, 0.4) is 0 Å². The minimum absolute atomic E-state index is 0.278. The highest BCUT2D eigenvalue weighted by molar-refractivity contribution is 7.99. The fourth-order valence-corrected chi connectivity index (χ4v) is 2.24. The highest BCUT2D eigenvalue weighted by atomic mass is 32.2. The van der Waals surface area contributed by atoms with Gasteiger partial charge >= 0.3 is 5.97 Å². The first-order valence-electron chi connectivity index (χ1n) is 5.41. The van der Waals surface area contributed by atoms with Gasteiger partial charge in [0.2, 0.25) is 0 Å². The summed E-state index contributed by atoms with van der Waals surface area (Å²) in [6, 6.07) is 1.52. The van der Waals surface area contributed by atoms with Crippen LogP contribution in [0.2, 0.25) is 0 Å². The first-order chi connectivity index (χ1) is 9.04. The number of methoxy groups -OCH3 is 1. The maximum atomic E-state index is 11.5. The van der Waals surface area contributed by atoms with Gasteiger partial charge in [0.15, 0.2) is 5.16 Å². The Hall–Kier alpha value is -2.09. The van der Waals surface area contributed by atoms with E-state index in [0.29, 0.717) is 15.7 Å². The number of aromatic nitrogens is 4. The van der Waals surface area contributed by atoms with E-state index in [-0.39, 0.29) is 5.69 Å². The standard InChI is InChI=1S/C11H13N5O2S/c1-6-14-15-11(16(6)2)19-9-8(12)7(4-5-13-9)10(17)18-3/h4-5H,12H2,1-3H3. The average Bonchev–Trinajstić information content (AvgIpc) is 2.72. The molecule has 19 heavy (non-hydrogen) atoms. The number of hydrogen-bond donors (Lipinski definition) is 1. The number of carbonyl (C=O) groups excluding carboxylic acids is 1. The van der Waals surface area contributed by atoms with Crippen LogP contribution in [0, 0.1) is 6.92 Å². The van der Waals surface area contributed by atoms with Gasteiger partial charge < -0.3 is 15.0 Å².